The largest absolute Gasteiger partial charge is 0.389 e. The molecule has 0 aliphatic rings. The van der Waals surface area contributed by atoms with Crippen molar-refractivity contribution in [1.29, 1.82) is 0 Å². The monoisotopic (exact) mass is 254 g/mol. The van der Waals surface area contributed by atoms with Crippen LogP contribution in [-0.2, 0) is 0 Å². The zero-order valence-corrected chi connectivity index (χ0v) is 11.4. The Balaban J connectivity index is 3.00. The Morgan fingerprint density at radius 2 is 2.18 bits per heavy atom. The molecule has 17 heavy (non-hydrogen) atoms. The Bertz CT molecular complexity index is 406. The number of thiocarbonyl (C=S) groups is 1. The number of nitrogens with two attached hydrogens (primary N) is 1. The summed E-state index contributed by atoms with van der Waals surface area (Å²) in [4.78, 5) is 2.30. The van der Waals surface area contributed by atoms with Gasteiger partial charge in [-0.3, -0.25) is 0 Å². The van der Waals surface area contributed by atoms with Gasteiger partial charge in [0, 0.05) is 24.8 Å². The maximum atomic E-state index is 13.2. The number of nitrogens with zero attached hydrogens (tertiary/aromatic N) is 1. The van der Waals surface area contributed by atoms with Gasteiger partial charge in [0.2, 0.25) is 0 Å². The Morgan fingerprint density at radius 3 is 2.71 bits per heavy atom. The highest BCUT2D eigenvalue weighted by atomic mass is 32.1. The molecule has 1 atom stereocenters. The molecule has 1 aromatic carbocycles. The van der Waals surface area contributed by atoms with Gasteiger partial charge in [0.05, 0.1) is 0 Å². The SMILES string of the molecule is CCC(C)CN(C)c1ccc(F)cc1C(N)=S. The van der Waals surface area contributed by atoms with Gasteiger partial charge in [-0.1, -0.05) is 32.5 Å². The third kappa shape index (κ3) is 3.66. The van der Waals surface area contributed by atoms with Crippen LogP contribution in [-0.4, -0.2) is 18.6 Å². The van der Waals surface area contributed by atoms with Gasteiger partial charge < -0.3 is 10.6 Å². The predicted octanol–water partition coefficient (Wildman–Crippen LogP) is 2.94. The van der Waals surface area contributed by atoms with Crippen molar-refractivity contribution in [1.82, 2.24) is 0 Å². The van der Waals surface area contributed by atoms with Crippen molar-refractivity contribution in [3.8, 4) is 0 Å². The average Bonchev–Trinajstić information content (AvgIpc) is 2.28. The lowest BCUT2D eigenvalue weighted by Crippen LogP contribution is -2.26. The molecule has 0 aliphatic carbocycles. The lowest BCUT2D eigenvalue weighted by Gasteiger charge is -2.25. The van der Waals surface area contributed by atoms with Crippen molar-refractivity contribution in [3.63, 3.8) is 0 Å². The van der Waals surface area contributed by atoms with E-state index < -0.39 is 0 Å². The van der Waals surface area contributed by atoms with Gasteiger partial charge in [-0.25, -0.2) is 4.39 Å². The standard InChI is InChI=1S/C13H19FN2S/c1-4-9(2)8-16(3)12-6-5-10(14)7-11(12)13(15)17/h5-7,9H,4,8H2,1-3H3,(H2,15,17). The summed E-state index contributed by atoms with van der Waals surface area (Å²) in [6.07, 6.45) is 1.11. The summed E-state index contributed by atoms with van der Waals surface area (Å²) in [5.74, 6) is 0.262. The quantitative estimate of drug-likeness (QED) is 0.819. The van der Waals surface area contributed by atoms with Gasteiger partial charge >= 0.3 is 0 Å². The first-order chi connectivity index (χ1) is 7.95. The maximum absolute atomic E-state index is 13.2. The first kappa shape index (κ1) is 13.9. The van der Waals surface area contributed by atoms with E-state index in [2.05, 4.69) is 18.7 Å². The highest BCUT2D eigenvalue weighted by Crippen LogP contribution is 2.22. The lowest BCUT2D eigenvalue weighted by molar-refractivity contribution is 0.559. The minimum atomic E-state index is -0.312. The molecule has 0 aliphatic heterocycles. The minimum Gasteiger partial charge on any atom is -0.389 e. The number of hydrogen-bond donors (Lipinski definition) is 1. The number of anilines is 1. The first-order valence-corrected chi connectivity index (χ1v) is 6.17. The normalized spacial score (nSPS) is 12.2. The van der Waals surface area contributed by atoms with E-state index in [1.807, 2.05) is 7.05 Å². The topological polar surface area (TPSA) is 29.3 Å². The number of halogens is 1. The molecule has 2 N–H and O–H groups in total. The van der Waals surface area contributed by atoms with Gasteiger partial charge in [-0.15, -0.1) is 0 Å². The third-order valence-electron chi connectivity index (χ3n) is 2.92. The van der Waals surface area contributed by atoms with E-state index in [0.29, 0.717) is 11.5 Å². The van der Waals surface area contributed by atoms with Crippen molar-refractivity contribution < 1.29 is 4.39 Å². The Hall–Kier alpha value is -1.16. The highest BCUT2D eigenvalue weighted by molar-refractivity contribution is 7.80. The van der Waals surface area contributed by atoms with E-state index in [1.54, 1.807) is 6.07 Å². The first-order valence-electron chi connectivity index (χ1n) is 5.76. The van der Waals surface area contributed by atoms with E-state index >= 15 is 0 Å². The van der Waals surface area contributed by atoms with Crippen LogP contribution in [0.1, 0.15) is 25.8 Å². The molecule has 0 saturated heterocycles. The number of hydrogen-bond acceptors (Lipinski definition) is 2. The zero-order chi connectivity index (χ0) is 13.0. The molecule has 0 amide bonds. The molecule has 2 nitrogen and oxygen atoms in total. The smallest absolute Gasteiger partial charge is 0.124 e. The maximum Gasteiger partial charge on any atom is 0.124 e. The van der Waals surface area contributed by atoms with Gasteiger partial charge in [0.15, 0.2) is 0 Å². The molecule has 0 heterocycles. The number of rotatable bonds is 5. The van der Waals surface area contributed by atoms with E-state index in [9.17, 15) is 4.39 Å². The Labute approximate surface area is 108 Å². The Morgan fingerprint density at radius 1 is 1.53 bits per heavy atom. The molecule has 1 aromatic rings. The summed E-state index contributed by atoms with van der Waals surface area (Å²) in [6.45, 7) is 5.23. The molecule has 94 valence electrons. The van der Waals surface area contributed by atoms with Gasteiger partial charge in [-0.05, 0) is 24.1 Å². The molecular formula is C13H19FN2S. The van der Waals surface area contributed by atoms with E-state index in [-0.39, 0.29) is 10.8 Å². The summed E-state index contributed by atoms with van der Waals surface area (Å²) < 4.78 is 13.2. The van der Waals surface area contributed by atoms with E-state index in [4.69, 9.17) is 18.0 Å². The summed E-state index contributed by atoms with van der Waals surface area (Å²) in [7, 11) is 1.97. The lowest BCUT2D eigenvalue weighted by atomic mass is 10.1. The molecule has 1 unspecified atom stereocenters. The summed E-state index contributed by atoms with van der Waals surface area (Å²) in [6, 6.07) is 4.56. The van der Waals surface area contributed by atoms with Crippen LogP contribution in [0, 0.1) is 11.7 Å². The van der Waals surface area contributed by atoms with Crippen molar-refractivity contribution in [3.05, 3.63) is 29.6 Å². The van der Waals surface area contributed by atoms with Crippen LogP contribution in [0.2, 0.25) is 0 Å². The van der Waals surface area contributed by atoms with Gasteiger partial charge in [0.25, 0.3) is 0 Å². The molecule has 0 saturated carbocycles. The molecule has 0 aromatic heterocycles. The van der Waals surface area contributed by atoms with Crippen LogP contribution < -0.4 is 10.6 Å². The van der Waals surface area contributed by atoms with Crippen LogP contribution in [0.3, 0.4) is 0 Å². The molecule has 1 rings (SSSR count). The second-order valence-corrected chi connectivity index (χ2v) is 4.86. The zero-order valence-electron chi connectivity index (χ0n) is 10.5. The van der Waals surface area contributed by atoms with Crippen LogP contribution in [0.15, 0.2) is 18.2 Å². The molecule has 0 fully saturated rings. The third-order valence-corrected chi connectivity index (χ3v) is 3.14. The van der Waals surface area contributed by atoms with E-state index in [1.165, 1.54) is 12.1 Å². The van der Waals surface area contributed by atoms with Crippen molar-refractivity contribution >= 4 is 22.9 Å². The Kier molecular flexibility index (Phi) is 4.87. The van der Waals surface area contributed by atoms with Gasteiger partial charge in [-0.2, -0.15) is 0 Å². The molecule has 0 radical (unpaired) electrons. The summed E-state index contributed by atoms with van der Waals surface area (Å²) in [5.41, 5.74) is 7.11. The number of benzene rings is 1. The highest BCUT2D eigenvalue weighted by Gasteiger charge is 2.12. The van der Waals surface area contributed by atoms with Crippen LogP contribution in [0.25, 0.3) is 0 Å². The molecular weight excluding hydrogens is 235 g/mol. The fourth-order valence-corrected chi connectivity index (χ4v) is 1.90. The molecule has 0 bridgehead atoms. The average molecular weight is 254 g/mol. The minimum absolute atomic E-state index is 0.232. The fraction of sp³-hybridized carbons (Fsp3) is 0.462. The molecule has 4 heteroatoms. The predicted molar refractivity (Wildman–Crippen MR) is 75.0 cm³/mol. The van der Waals surface area contributed by atoms with Crippen LogP contribution in [0.5, 0.6) is 0 Å². The molecule has 0 spiro atoms. The summed E-state index contributed by atoms with van der Waals surface area (Å²) >= 11 is 4.95. The van der Waals surface area contributed by atoms with Crippen molar-refractivity contribution in [2.24, 2.45) is 11.7 Å². The van der Waals surface area contributed by atoms with Gasteiger partial charge in [0.1, 0.15) is 10.8 Å². The second kappa shape index (κ2) is 5.96. The van der Waals surface area contributed by atoms with Crippen molar-refractivity contribution in [2.45, 2.75) is 20.3 Å². The fourth-order valence-electron chi connectivity index (χ4n) is 1.73. The summed E-state index contributed by atoms with van der Waals surface area (Å²) in [5, 5.41) is 0. The van der Waals surface area contributed by atoms with Crippen LogP contribution >= 0.6 is 12.2 Å². The van der Waals surface area contributed by atoms with Crippen molar-refractivity contribution in [2.75, 3.05) is 18.5 Å². The second-order valence-electron chi connectivity index (χ2n) is 4.42. The van der Waals surface area contributed by atoms with Crippen LogP contribution in [0.4, 0.5) is 10.1 Å². The van der Waals surface area contributed by atoms with E-state index in [0.717, 1.165) is 18.7 Å².